The highest BCUT2D eigenvalue weighted by molar-refractivity contribution is 5.96. The molecule has 2 aromatic carbocycles. The van der Waals surface area contributed by atoms with Crippen molar-refractivity contribution in [3.63, 3.8) is 0 Å². The molecule has 1 aliphatic rings. The van der Waals surface area contributed by atoms with Gasteiger partial charge in [0.25, 0.3) is 5.91 Å². The molecule has 7 heteroatoms. The number of aromatic nitrogens is 2. The molecule has 27 heavy (non-hydrogen) atoms. The molecule has 0 spiro atoms. The number of ether oxygens (including phenoxy) is 1. The normalized spacial score (nSPS) is 12.6. The standard InChI is InChI=1S/C20H20N4O3/c1-13-23-19(24-27-13)12-26-18-5-3-2-4-17(18)20(25)22-9-14-6-7-15-10-21-11-16(15)8-14/h2-8,21H,9-12H2,1H3,(H,22,25). The minimum Gasteiger partial charge on any atom is -0.485 e. The zero-order valence-electron chi connectivity index (χ0n) is 15.0. The second-order valence-electron chi connectivity index (χ2n) is 6.40. The molecule has 1 aromatic heterocycles. The van der Waals surface area contributed by atoms with Crippen molar-refractivity contribution < 1.29 is 14.1 Å². The van der Waals surface area contributed by atoms with Gasteiger partial charge >= 0.3 is 0 Å². The van der Waals surface area contributed by atoms with Crippen molar-refractivity contribution in [3.05, 3.63) is 76.4 Å². The molecule has 0 fully saturated rings. The first-order valence-electron chi connectivity index (χ1n) is 8.79. The van der Waals surface area contributed by atoms with E-state index in [2.05, 4.69) is 32.9 Å². The van der Waals surface area contributed by atoms with E-state index >= 15 is 0 Å². The van der Waals surface area contributed by atoms with Crippen LogP contribution in [0.5, 0.6) is 5.75 Å². The number of amides is 1. The number of fused-ring (bicyclic) bond motifs is 1. The van der Waals surface area contributed by atoms with Gasteiger partial charge in [0.05, 0.1) is 5.56 Å². The molecule has 0 atom stereocenters. The first-order valence-corrected chi connectivity index (χ1v) is 8.79. The first-order chi connectivity index (χ1) is 13.2. The maximum Gasteiger partial charge on any atom is 0.255 e. The second-order valence-corrected chi connectivity index (χ2v) is 6.40. The summed E-state index contributed by atoms with van der Waals surface area (Å²) in [7, 11) is 0. The number of hydrogen-bond donors (Lipinski definition) is 2. The summed E-state index contributed by atoms with van der Waals surface area (Å²) in [6.07, 6.45) is 0. The average molecular weight is 364 g/mol. The van der Waals surface area contributed by atoms with Crippen molar-refractivity contribution in [1.29, 1.82) is 0 Å². The lowest BCUT2D eigenvalue weighted by Gasteiger charge is -2.11. The Labute approximate surface area is 156 Å². The lowest BCUT2D eigenvalue weighted by molar-refractivity contribution is 0.0946. The predicted molar refractivity (Wildman–Crippen MR) is 98.0 cm³/mol. The second kappa shape index (κ2) is 7.59. The molecule has 2 N–H and O–H groups in total. The van der Waals surface area contributed by atoms with Crippen LogP contribution in [0, 0.1) is 6.92 Å². The zero-order chi connectivity index (χ0) is 18.6. The fourth-order valence-electron chi connectivity index (χ4n) is 3.06. The highest BCUT2D eigenvalue weighted by Crippen LogP contribution is 2.20. The van der Waals surface area contributed by atoms with E-state index in [1.54, 1.807) is 25.1 Å². The van der Waals surface area contributed by atoms with Gasteiger partial charge in [0, 0.05) is 26.6 Å². The number of para-hydroxylation sites is 1. The Hall–Kier alpha value is -3.19. The van der Waals surface area contributed by atoms with Gasteiger partial charge in [-0.25, -0.2) is 0 Å². The van der Waals surface area contributed by atoms with Gasteiger partial charge in [-0.3, -0.25) is 4.79 Å². The van der Waals surface area contributed by atoms with Crippen LogP contribution in [0.2, 0.25) is 0 Å². The molecular weight excluding hydrogens is 344 g/mol. The van der Waals surface area contributed by atoms with E-state index in [0.29, 0.717) is 29.6 Å². The van der Waals surface area contributed by atoms with Crippen LogP contribution in [-0.4, -0.2) is 16.0 Å². The fourth-order valence-corrected chi connectivity index (χ4v) is 3.06. The number of benzene rings is 2. The van der Waals surface area contributed by atoms with Crippen molar-refractivity contribution in [3.8, 4) is 5.75 Å². The summed E-state index contributed by atoms with van der Waals surface area (Å²) in [5, 5.41) is 10.1. The van der Waals surface area contributed by atoms with E-state index < -0.39 is 0 Å². The number of nitrogens with one attached hydrogen (secondary N) is 2. The Balaban J connectivity index is 1.41. The van der Waals surface area contributed by atoms with Crippen LogP contribution in [0.4, 0.5) is 0 Å². The summed E-state index contributed by atoms with van der Waals surface area (Å²) >= 11 is 0. The summed E-state index contributed by atoms with van der Waals surface area (Å²) in [5.74, 6) is 1.21. The molecule has 2 heterocycles. The molecule has 0 saturated carbocycles. The molecule has 3 aromatic rings. The number of aryl methyl sites for hydroxylation is 1. The van der Waals surface area contributed by atoms with E-state index in [0.717, 1.165) is 18.7 Å². The van der Waals surface area contributed by atoms with Crippen LogP contribution in [-0.2, 0) is 26.2 Å². The van der Waals surface area contributed by atoms with E-state index in [4.69, 9.17) is 9.26 Å². The van der Waals surface area contributed by atoms with E-state index in [-0.39, 0.29) is 12.5 Å². The summed E-state index contributed by atoms with van der Waals surface area (Å²) in [6.45, 7) is 4.10. The largest absolute Gasteiger partial charge is 0.485 e. The molecular formula is C20H20N4O3. The smallest absolute Gasteiger partial charge is 0.255 e. The third-order valence-corrected chi connectivity index (χ3v) is 4.41. The molecule has 0 bridgehead atoms. The zero-order valence-corrected chi connectivity index (χ0v) is 15.0. The number of rotatable bonds is 6. The third kappa shape index (κ3) is 3.98. The van der Waals surface area contributed by atoms with Crippen LogP contribution in [0.3, 0.4) is 0 Å². The first kappa shape index (κ1) is 17.2. The molecule has 0 radical (unpaired) electrons. The van der Waals surface area contributed by atoms with Crippen molar-refractivity contribution in [2.45, 2.75) is 33.2 Å². The van der Waals surface area contributed by atoms with Crippen LogP contribution < -0.4 is 15.4 Å². The SMILES string of the molecule is Cc1nc(COc2ccccc2C(=O)NCc2ccc3c(c2)CNC3)no1. The molecule has 0 unspecified atom stereocenters. The van der Waals surface area contributed by atoms with Crippen LogP contribution in [0.15, 0.2) is 47.0 Å². The van der Waals surface area contributed by atoms with Gasteiger partial charge in [0.1, 0.15) is 5.75 Å². The van der Waals surface area contributed by atoms with E-state index in [9.17, 15) is 4.79 Å². The summed E-state index contributed by atoms with van der Waals surface area (Å²) in [6, 6.07) is 13.4. The summed E-state index contributed by atoms with van der Waals surface area (Å²) < 4.78 is 10.6. The molecule has 1 aliphatic heterocycles. The molecule has 0 aliphatic carbocycles. The highest BCUT2D eigenvalue weighted by atomic mass is 16.5. The molecule has 1 amide bonds. The predicted octanol–water partition coefficient (Wildman–Crippen LogP) is 2.49. The molecule has 7 nitrogen and oxygen atoms in total. The van der Waals surface area contributed by atoms with Gasteiger partial charge in [0.15, 0.2) is 6.61 Å². The summed E-state index contributed by atoms with van der Waals surface area (Å²) in [4.78, 5) is 16.7. The minimum atomic E-state index is -0.187. The number of nitrogens with zero attached hydrogens (tertiary/aromatic N) is 2. The van der Waals surface area contributed by atoms with Crippen LogP contribution in [0.25, 0.3) is 0 Å². The van der Waals surface area contributed by atoms with Crippen molar-refractivity contribution in [2.75, 3.05) is 0 Å². The maximum absolute atomic E-state index is 12.6. The number of carbonyl (C=O) groups is 1. The highest BCUT2D eigenvalue weighted by Gasteiger charge is 2.14. The Morgan fingerprint density at radius 2 is 2.07 bits per heavy atom. The number of carbonyl (C=O) groups excluding carboxylic acids is 1. The lowest BCUT2D eigenvalue weighted by atomic mass is 10.1. The Kier molecular flexibility index (Phi) is 4.84. The Morgan fingerprint density at radius 1 is 1.22 bits per heavy atom. The Bertz CT molecular complexity index is 967. The van der Waals surface area contributed by atoms with Crippen molar-refractivity contribution in [2.24, 2.45) is 0 Å². The van der Waals surface area contributed by atoms with Gasteiger partial charge < -0.3 is 19.9 Å². The summed E-state index contributed by atoms with van der Waals surface area (Å²) in [5.41, 5.74) is 4.16. The maximum atomic E-state index is 12.6. The van der Waals surface area contributed by atoms with Crippen molar-refractivity contribution >= 4 is 5.91 Å². The Morgan fingerprint density at radius 3 is 2.93 bits per heavy atom. The fraction of sp³-hybridized carbons (Fsp3) is 0.250. The topological polar surface area (TPSA) is 89.3 Å². The molecule has 4 rings (SSSR count). The van der Waals surface area contributed by atoms with Crippen LogP contribution in [0.1, 0.15) is 38.8 Å². The average Bonchev–Trinajstić information content (AvgIpc) is 3.32. The molecule has 0 saturated heterocycles. The monoisotopic (exact) mass is 364 g/mol. The van der Waals surface area contributed by atoms with E-state index in [1.165, 1.54) is 11.1 Å². The quantitative estimate of drug-likeness (QED) is 0.699. The molecule has 138 valence electrons. The van der Waals surface area contributed by atoms with Gasteiger partial charge in [0.2, 0.25) is 11.7 Å². The lowest BCUT2D eigenvalue weighted by Crippen LogP contribution is -2.23. The van der Waals surface area contributed by atoms with E-state index in [1.807, 2.05) is 12.1 Å². The van der Waals surface area contributed by atoms with Crippen molar-refractivity contribution in [1.82, 2.24) is 20.8 Å². The van der Waals surface area contributed by atoms with Gasteiger partial charge in [-0.15, -0.1) is 0 Å². The van der Waals surface area contributed by atoms with Crippen LogP contribution >= 0.6 is 0 Å². The number of hydrogen-bond acceptors (Lipinski definition) is 6. The third-order valence-electron chi connectivity index (χ3n) is 4.41. The van der Waals surface area contributed by atoms with Gasteiger partial charge in [-0.2, -0.15) is 4.98 Å². The minimum absolute atomic E-state index is 0.138. The van der Waals surface area contributed by atoms with Gasteiger partial charge in [-0.05, 0) is 28.8 Å². The van der Waals surface area contributed by atoms with Gasteiger partial charge in [-0.1, -0.05) is 35.5 Å².